The number of hydrogen-bond acceptors (Lipinski definition) is 3. The molecule has 102 valence electrons. The van der Waals surface area contributed by atoms with Gasteiger partial charge in [0.25, 0.3) is 0 Å². The van der Waals surface area contributed by atoms with Gasteiger partial charge in [-0.2, -0.15) is 0 Å². The maximum absolute atomic E-state index is 12.1. The highest BCUT2D eigenvalue weighted by Gasteiger charge is 2.55. The van der Waals surface area contributed by atoms with Gasteiger partial charge < -0.3 is 9.31 Å². The monoisotopic (exact) mass is 252 g/mol. The lowest BCUT2D eigenvalue weighted by atomic mass is 9.59. The summed E-state index contributed by atoms with van der Waals surface area (Å²) in [7, 11) is -0.227. The van der Waals surface area contributed by atoms with E-state index in [0.717, 1.165) is 12.8 Å². The molecule has 0 aromatic rings. The Morgan fingerprint density at radius 3 is 2.00 bits per heavy atom. The van der Waals surface area contributed by atoms with Crippen LogP contribution in [-0.4, -0.2) is 24.1 Å². The minimum Gasteiger partial charge on any atom is -0.403 e. The Morgan fingerprint density at radius 2 is 1.56 bits per heavy atom. The second kappa shape index (κ2) is 4.07. The van der Waals surface area contributed by atoms with Gasteiger partial charge in [-0.3, -0.25) is 4.79 Å². The Morgan fingerprint density at radius 1 is 1.06 bits per heavy atom. The third-order valence-electron chi connectivity index (χ3n) is 5.00. The molecule has 2 aliphatic rings. The molecule has 18 heavy (non-hydrogen) atoms. The lowest BCUT2D eigenvalue weighted by molar-refractivity contribution is -0.129. The summed E-state index contributed by atoms with van der Waals surface area (Å²) in [4.78, 5) is 12.1. The summed E-state index contributed by atoms with van der Waals surface area (Å²) in [5.74, 6) is 0.556. The van der Waals surface area contributed by atoms with Crippen LogP contribution >= 0.6 is 0 Å². The molecule has 2 fully saturated rings. The van der Waals surface area contributed by atoms with Crippen molar-refractivity contribution in [3.63, 3.8) is 0 Å². The van der Waals surface area contributed by atoms with Crippen LogP contribution in [0.1, 0.15) is 60.8 Å². The van der Waals surface area contributed by atoms with E-state index in [0.29, 0.717) is 12.2 Å². The lowest BCUT2D eigenvalue weighted by Gasteiger charge is -2.33. The Hall–Kier alpha value is -0.345. The van der Waals surface area contributed by atoms with Gasteiger partial charge in [0.05, 0.1) is 11.2 Å². The van der Waals surface area contributed by atoms with Crippen LogP contribution in [0.15, 0.2) is 0 Å². The molecular weight excluding hydrogens is 227 g/mol. The molecule has 2 rings (SSSR count). The predicted molar refractivity (Wildman–Crippen MR) is 72.5 cm³/mol. The Kier molecular flexibility index (Phi) is 3.18. The summed E-state index contributed by atoms with van der Waals surface area (Å²) in [5, 5.41) is 0. The van der Waals surface area contributed by atoms with Crippen molar-refractivity contribution >= 4 is 12.9 Å². The zero-order chi connectivity index (χ0) is 13.8. The SMILES string of the molecule is CC1(C)CCC(B2OC(C)(C)C(C)(C)O2)CC1=O. The first-order valence-electron chi connectivity index (χ1n) is 6.94. The smallest absolute Gasteiger partial charge is 0.403 e. The molecule has 0 aromatic heterocycles. The van der Waals surface area contributed by atoms with Crippen molar-refractivity contribution in [2.75, 3.05) is 0 Å². The van der Waals surface area contributed by atoms with Crippen molar-refractivity contribution in [2.24, 2.45) is 5.41 Å². The molecule has 4 heteroatoms. The standard InChI is InChI=1S/C14H25BO3/c1-12(2)8-7-10(9-11(12)16)15-17-13(3,4)14(5,6)18-15/h10H,7-9H2,1-6H3. The Bertz CT molecular complexity index is 344. The van der Waals surface area contributed by atoms with Crippen molar-refractivity contribution in [3.8, 4) is 0 Å². The van der Waals surface area contributed by atoms with Crippen molar-refractivity contribution in [3.05, 3.63) is 0 Å². The molecule has 1 saturated heterocycles. The van der Waals surface area contributed by atoms with Gasteiger partial charge in [-0.25, -0.2) is 0 Å². The quantitative estimate of drug-likeness (QED) is 0.672. The highest BCUT2D eigenvalue weighted by molar-refractivity contribution is 6.48. The van der Waals surface area contributed by atoms with Crippen LogP contribution in [0.3, 0.4) is 0 Å². The first-order chi connectivity index (χ1) is 8.05. The zero-order valence-corrected chi connectivity index (χ0v) is 12.5. The second-order valence-electron chi connectivity index (χ2n) is 7.43. The van der Waals surface area contributed by atoms with Gasteiger partial charge in [0, 0.05) is 17.7 Å². The molecule has 0 N–H and O–H groups in total. The second-order valence-corrected chi connectivity index (χ2v) is 7.43. The third kappa shape index (κ3) is 2.25. The average Bonchev–Trinajstić information content (AvgIpc) is 2.41. The fourth-order valence-corrected chi connectivity index (χ4v) is 2.62. The number of hydrogen-bond donors (Lipinski definition) is 0. The first kappa shape index (κ1) is 14.1. The van der Waals surface area contributed by atoms with E-state index in [4.69, 9.17) is 9.31 Å². The molecule has 0 aromatic carbocycles. The van der Waals surface area contributed by atoms with Crippen LogP contribution in [0, 0.1) is 5.41 Å². The third-order valence-corrected chi connectivity index (χ3v) is 5.00. The maximum Gasteiger partial charge on any atom is 0.461 e. The summed E-state index contributed by atoms with van der Waals surface area (Å²) in [6, 6.07) is 0. The number of carbonyl (C=O) groups excluding carboxylic acids is 1. The first-order valence-corrected chi connectivity index (χ1v) is 6.94. The zero-order valence-electron chi connectivity index (χ0n) is 12.5. The van der Waals surface area contributed by atoms with Gasteiger partial charge in [-0.05, 0) is 34.1 Å². The topological polar surface area (TPSA) is 35.5 Å². The van der Waals surface area contributed by atoms with Gasteiger partial charge in [-0.1, -0.05) is 20.3 Å². The molecule has 1 aliphatic heterocycles. The summed E-state index contributed by atoms with van der Waals surface area (Å²) < 4.78 is 12.1. The van der Waals surface area contributed by atoms with E-state index in [-0.39, 0.29) is 29.6 Å². The van der Waals surface area contributed by atoms with E-state index in [9.17, 15) is 4.79 Å². The molecular formula is C14H25BO3. The molecule has 0 spiro atoms. The van der Waals surface area contributed by atoms with Crippen molar-refractivity contribution < 1.29 is 14.1 Å². The molecule has 1 unspecified atom stereocenters. The fourth-order valence-electron chi connectivity index (χ4n) is 2.62. The van der Waals surface area contributed by atoms with Crippen molar-refractivity contribution in [1.29, 1.82) is 0 Å². The molecule has 3 nitrogen and oxygen atoms in total. The van der Waals surface area contributed by atoms with Crippen LogP contribution < -0.4 is 0 Å². The highest BCUT2D eigenvalue weighted by Crippen LogP contribution is 2.46. The summed E-state index contributed by atoms with van der Waals surface area (Å²) in [6.45, 7) is 12.3. The van der Waals surface area contributed by atoms with E-state index in [1.165, 1.54) is 0 Å². The van der Waals surface area contributed by atoms with Gasteiger partial charge >= 0.3 is 7.12 Å². The number of ketones is 1. The molecule has 1 aliphatic carbocycles. The number of carbonyl (C=O) groups is 1. The van der Waals surface area contributed by atoms with Crippen LogP contribution in [0.2, 0.25) is 5.82 Å². The molecule has 0 radical (unpaired) electrons. The Balaban J connectivity index is 2.06. The lowest BCUT2D eigenvalue weighted by Crippen LogP contribution is -2.41. The van der Waals surface area contributed by atoms with Crippen molar-refractivity contribution in [2.45, 2.75) is 77.8 Å². The summed E-state index contributed by atoms with van der Waals surface area (Å²) in [5.41, 5.74) is -0.762. The van der Waals surface area contributed by atoms with Crippen molar-refractivity contribution in [1.82, 2.24) is 0 Å². The van der Waals surface area contributed by atoms with E-state index >= 15 is 0 Å². The maximum atomic E-state index is 12.1. The summed E-state index contributed by atoms with van der Waals surface area (Å²) in [6.07, 6.45) is 2.53. The predicted octanol–water partition coefficient (Wildman–Crippen LogP) is 3.23. The molecule has 1 atom stereocenters. The normalized spacial score (nSPS) is 33.8. The molecule has 1 heterocycles. The number of rotatable bonds is 1. The van der Waals surface area contributed by atoms with E-state index < -0.39 is 0 Å². The van der Waals surface area contributed by atoms with E-state index in [2.05, 4.69) is 27.7 Å². The highest BCUT2D eigenvalue weighted by atomic mass is 16.7. The molecule has 0 amide bonds. The molecule has 0 bridgehead atoms. The van der Waals surface area contributed by atoms with Gasteiger partial charge in [0.2, 0.25) is 0 Å². The van der Waals surface area contributed by atoms with Gasteiger partial charge in [0.15, 0.2) is 0 Å². The Labute approximate surface area is 111 Å². The van der Waals surface area contributed by atoms with Gasteiger partial charge in [0.1, 0.15) is 5.78 Å². The fraction of sp³-hybridized carbons (Fsp3) is 0.929. The minimum atomic E-state index is -0.298. The molecule has 1 saturated carbocycles. The van der Waals surface area contributed by atoms with E-state index in [1.807, 2.05) is 13.8 Å². The van der Waals surface area contributed by atoms with Crippen LogP contribution in [0.25, 0.3) is 0 Å². The van der Waals surface area contributed by atoms with Crippen LogP contribution in [-0.2, 0) is 14.1 Å². The largest absolute Gasteiger partial charge is 0.461 e. The van der Waals surface area contributed by atoms with Crippen LogP contribution in [0.4, 0.5) is 0 Å². The number of Topliss-reactive ketones (excluding diaryl/α,β-unsaturated/α-hetero) is 1. The van der Waals surface area contributed by atoms with E-state index in [1.54, 1.807) is 0 Å². The average molecular weight is 252 g/mol. The van der Waals surface area contributed by atoms with Gasteiger partial charge in [-0.15, -0.1) is 0 Å². The van der Waals surface area contributed by atoms with Crippen LogP contribution in [0.5, 0.6) is 0 Å². The summed E-state index contributed by atoms with van der Waals surface area (Å²) >= 11 is 0. The minimum absolute atomic E-state index is 0.167.